The third-order valence-electron chi connectivity index (χ3n) is 6.51. The Kier molecular flexibility index (Phi) is 6.76. The number of carboxylic acid groups (broad SMARTS) is 1. The molecule has 1 heterocycles. The molecule has 5 nitrogen and oxygen atoms in total. The second kappa shape index (κ2) is 9.89. The Morgan fingerprint density at radius 3 is 2.36 bits per heavy atom. The van der Waals surface area contributed by atoms with Crippen LogP contribution in [0.25, 0.3) is 11.1 Å². The molecule has 5 heteroatoms. The Morgan fingerprint density at radius 1 is 1.03 bits per heavy atom. The summed E-state index contributed by atoms with van der Waals surface area (Å²) < 4.78 is 6.29. The van der Waals surface area contributed by atoms with Gasteiger partial charge in [0.25, 0.3) is 0 Å². The smallest absolute Gasteiger partial charge is 0.407 e. The van der Waals surface area contributed by atoms with Gasteiger partial charge in [-0.25, -0.2) is 4.79 Å². The normalized spacial score (nSPS) is 15.1. The van der Waals surface area contributed by atoms with Crippen molar-refractivity contribution in [3.63, 3.8) is 0 Å². The first-order chi connectivity index (χ1) is 16.0. The molecule has 33 heavy (non-hydrogen) atoms. The molecule has 4 rings (SSSR count). The highest BCUT2D eigenvalue weighted by Crippen LogP contribution is 2.36. The molecule has 1 amide bonds. The highest BCUT2D eigenvalue weighted by Gasteiger charge is 2.37. The maximum absolute atomic E-state index is 11.4. The van der Waals surface area contributed by atoms with Crippen LogP contribution in [-0.4, -0.2) is 35.8 Å². The zero-order chi connectivity index (χ0) is 23.3. The summed E-state index contributed by atoms with van der Waals surface area (Å²) >= 11 is 0. The van der Waals surface area contributed by atoms with Gasteiger partial charge < -0.3 is 14.7 Å². The molecule has 0 bridgehead atoms. The van der Waals surface area contributed by atoms with Crippen LogP contribution >= 0.6 is 0 Å². The first-order valence-electron chi connectivity index (χ1n) is 11.2. The summed E-state index contributed by atoms with van der Waals surface area (Å²) in [6.07, 6.45) is 0.633. The lowest BCUT2D eigenvalue weighted by Gasteiger charge is -2.41. The van der Waals surface area contributed by atoms with E-state index in [1.54, 1.807) is 0 Å². The topological polar surface area (TPSA) is 73.6 Å². The van der Waals surface area contributed by atoms with Crippen molar-refractivity contribution in [3.05, 3.63) is 95.1 Å². The van der Waals surface area contributed by atoms with E-state index in [4.69, 9.17) is 10.00 Å². The number of nitriles is 1. The minimum atomic E-state index is -0.854. The van der Waals surface area contributed by atoms with E-state index in [2.05, 4.69) is 43.3 Å². The lowest BCUT2D eigenvalue weighted by Crippen LogP contribution is -2.46. The van der Waals surface area contributed by atoms with E-state index in [9.17, 15) is 9.90 Å². The summed E-state index contributed by atoms with van der Waals surface area (Å²) in [5.41, 5.74) is 6.09. The lowest BCUT2D eigenvalue weighted by molar-refractivity contribution is 0.0369. The van der Waals surface area contributed by atoms with Gasteiger partial charge in [-0.2, -0.15) is 5.26 Å². The number of hydrogen-bond acceptors (Lipinski definition) is 3. The molecular weight excluding hydrogens is 412 g/mol. The van der Waals surface area contributed by atoms with Crippen molar-refractivity contribution in [3.8, 4) is 17.2 Å². The van der Waals surface area contributed by atoms with E-state index in [0.29, 0.717) is 31.9 Å². The van der Waals surface area contributed by atoms with E-state index < -0.39 is 6.09 Å². The van der Waals surface area contributed by atoms with Crippen LogP contribution in [-0.2, 0) is 16.8 Å². The maximum atomic E-state index is 11.4. The molecule has 1 N–H and O–H groups in total. The van der Waals surface area contributed by atoms with Gasteiger partial charge in [0.1, 0.15) is 0 Å². The number of carbonyl (C=O) groups is 1. The number of amides is 1. The quantitative estimate of drug-likeness (QED) is 0.529. The van der Waals surface area contributed by atoms with Crippen LogP contribution in [0.3, 0.4) is 0 Å². The van der Waals surface area contributed by atoms with Gasteiger partial charge in [-0.3, -0.25) is 0 Å². The van der Waals surface area contributed by atoms with Crippen molar-refractivity contribution in [2.45, 2.75) is 31.8 Å². The van der Waals surface area contributed by atoms with Gasteiger partial charge in [-0.15, -0.1) is 0 Å². The van der Waals surface area contributed by atoms with Crippen LogP contribution in [0.4, 0.5) is 4.79 Å². The Balaban J connectivity index is 1.49. The predicted molar refractivity (Wildman–Crippen MR) is 128 cm³/mol. The molecular formula is C28H28N2O3. The number of benzene rings is 3. The van der Waals surface area contributed by atoms with Crippen LogP contribution < -0.4 is 0 Å². The van der Waals surface area contributed by atoms with Gasteiger partial charge in [0.15, 0.2) is 0 Å². The van der Waals surface area contributed by atoms with Crippen LogP contribution in [0.2, 0.25) is 0 Å². The molecule has 1 saturated heterocycles. The third kappa shape index (κ3) is 5.24. The molecule has 0 saturated carbocycles. The van der Waals surface area contributed by atoms with Crippen LogP contribution in [0.5, 0.6) is 0 Å². The standard InChI is InChI=1S/C28H28N2O3/c1-21-15-23(17-25(16-21)24-9-7-22(18-29)8-10-24)19-33-20-28(26-5-3-2-4-6-26)11-13-30(14-12-28)27(31)32/h2-10,15-17H,11-14,19-20H2,1H3,(H,31,32). The largest absolute Gasteiger partial charge is 0.465 e. The number of likely N-dealkylation sites (tertiary alicyclic amines) is 1. The molecule has 0 spiro atoms. The van der Waals surface area contributed by atoms with Crippen LogP contribution in [0.1, 0.15) is 35.1 Å². The number of piperidine rings is 1. The average Bonchev–Trinajstić information content (AvgIpc) is 2.84. The first kappa shape index (κ1) is 22.6. The summed E-state index contributed by atoms with van der Waals surface area (Å²) in [4.78, 5) is 12.9. The van der Waals surface area contributed by atoms with Crippen molar-refractivity contribution < 1.29 is 14.6 Å². The van der Waals surface area contributed by atoms with Gasteiger partial charge in [0.05, 0.1) is 24.8 Å². The number of ether oxygens (including phenoxy) is 1. The fourth-order valence-electron chi connectivity index (χ4n) is 4.65. The van der Waals surface area contributed by atoms with Crippen molar-refractivity contribution in [1.29, 1.82) is 5.26 Å². The summed E-state index contributed by atoms with van der Waals surface area (Å²) in [7, 11) is 0. The average molecular weight is 441 g/mol. The summed E-state index contributed by atoms with van der Waals surface area (Å²) in [5, 5.41) is 18.4. The maximum Gasteiger partial charge on any atom is 0.407 e. The molecule has 1 aliphatic heterocycles. The first-order valence-corrected chi connectivity index (χ1v) is 11.2. The van der Waals surface area contributed by atoms with Crippen LogP contribution in [0, 0.1) is 18.3 Å². The summed E-state index contributed by atoms with van der Waals surface area (Å²) in [6, 6.07) is 26.5. The van der Waals surface area contributed by atoms with Crippen molar-refractivity contribution >= 4 is 6.09 Å². The highest BCUT2D eigenvalue weighted by molar-refractivity contribution is 5.66. The molecule has 3 aromatic rings. The summed E-state index contributed by atoms with van der Waals surface area (Å²) in [5.74, 6) is 0. The van der Waals surface area contributed by atoms with Crippen LogP contribution in [0.15, 0.2) is 72.8 Å². The molecule has 0 aliphatic carbocycles. The van der Waals surface area contributed by atoms with E-state index in [1.807, 2.05) is 42.5 Å². The monoisotopic (exact) mass is 440 g/mol. The van der Waals surface area contributed by atoms with E-state index in [-0.39, 0.29) is 5.41 Å². The second-order valence-electron chi connectivity index (χ2n) is 8.81. The predicted octanol–water partition coefficient (Wildman–Crippen LogP) is 5.76. The Bertz CT molecular complexity index is 1140. The molecule has 0 radical (unpaired) electrons. The summed E-state index contributed by atoms with van der Waals surface area (Å²) in [6.45, 7) is 4.14. The number of hydrogen-bond donors (Lipinski definition) is 1. The molecule has 1 aliphatic rings. The highest BCUT2D eigenvalue weighted by atomic mass is 16.5. The zero-order valence-corrected chi connectivity index (χ0v) is 18.8. The van der Waals surface area contributed by atoms with Gasteiger partial charge in [-0.1, -0.05) is 60.2 Å². The van der Waals surface area contributed by atoms with E-state index >= 15 is 0 Å². The third-order valence-corrected chi connectivity index (χ3v) is 6.51. The van der Waals surface area contributed by atoms with Gasteiger partial charge >= 0.3 is 6.09 Å². The van der Waals surface area contributed by atoms with Gasteiger partial charge in [0, 0.05) is 18.5 Å². The molecule has 0 atom stereocenters. The molecule has 1 fully saturated rings. The van der Waals surface area contributed by atoms with E-state index in [0.717, 1.165) is 35.1 Å². The van der Waals surface area contributed by atoms with Gasteiger partial charge in [-0.05, 0) is 60.2 Å². The lowest BCUT2D eigenvalue weighted by atomic mass is 9.73. The Labute approximate surface area is 194 Å². The zero-order valence-electron chi connectivity index (χ0n) is 18.8. The van der Waals surface area contributed by atoms with Crippen molar-refractivity contribution in [2.24, 2.45) is 0 Å². The van der Waals surface area contributed by atoms with Crippen molar-refractivity contribution in [1.82, 2.24) is 4.90 Å². The fraction of sp³-hybridized carbons (Fsp3) is 0.286. The number of nitrogens with zero attached hydrogens (tertiary/aromatic N) is 2. The Hall–Kier alpha value is -3.62. The SMILES string of the molecule is Cc1cc(COCC2(c3ccccc3)CCN(C(=O)O)CC2)cc(-c2ccc(C#N)cc2)c1. The molecule has 0 aromatic heterocycles. The number of rotatable bonds is 6. The second-order valence-corrected chi connectivity index (χ2v) is 8.81. The number of aryl methyl sites for hydroxylation is 1. The van der Waals surface area contributed by atoms with E-state index in [1.165, 1.54) is 10.5 Å². The minimum Gasteiger partial charge on any atom is -0.465 e. The molecule has 0 unspecified atom stereocenters. The van der Waals surface area contributed by atoms with Crippen molar-refractivity contribution in [2.75, 3.05) is 19.7 Å². The van der Waals surface area contributed by atoms with Gasteiger partial charge in [0.2, 0.25) is 0 Å². The fourth-order valence-corrected chi connectivity index (χ4v) is 4.65. The molecule has 3 aromatic carbocycles. The minimum absolute atomic E-state index is 0.188. The molecule has 168 valence electrons. The Morgan fingerprint density at radius 2 is 1.73 bits per heavy atom.